The minimum Gasteiger partial charge on any atom is -0.396 e. The van der Waals surface area contributed by atoms with Crippen LogP contribution in [-0.4, -0.2) is 49.6 Å². The summed E-state index contributed by atoms with van der Waals surface area (Å²) >= 11 is 3.25. The molecule has 112 valence electrons. The van der Waals surface area contributed by atoms with E-state index >= 15 is 0 Å². The van der Waals surface area contributed by atoms with Crippen LogP contribution in [0, 0.1) is 5.92 Å². The molecule has 0 amide bonds. The molecular formula is C12H18BrN3O3S. The summed E-state index contributed by atoms with van der Waals surface area (Å²) in [6.45, 7) is 0.852. The molecule has 0 radical (unpaired) electrons. The van der Waals surface area contributed by atoms with Crippen LogP contribution in [0.25, 0.3) is 0 Å². The molecule has 8 heteroatoms. The monoisotopic (exact) mass is 363 g/mol. The quantitative estimate of drug-likeness (QED) is 0.841. The van der Waals surface area contributed by atoms with Crippen molar-refractivity contribution in [3.8, 4) is 0 Å². The number of hydrogen-bond donors (Lipinski definition) is 2. The van der Waals surface area contributed by atoms with E-state index < -0.39 is 10.0 Å². The second kappa shape index (κ2) is 6.38. The maximum absolute atomic E-state index is 12.7. The molecular weight excluding hydrogens is 346 g/mol. The largest absolute Gasteiger partial charge is 0.396 e. The Morgan fingerprint density at radius 1 is 1.60 bits per heavy atom. The van der Waals surface area contributed by atoms with E-state index in [1.165, 1.54) is 4.31 Å². The van der Waals surface area contributed by atoms with E-state index in [1.54, 1.807) is 19.3 Å². The molecule has 0 saturated carbocycles. The Hall–Kier alpha value is -0.700. The number of pyridine rings is 1. The highest BCUT2D eigenvalue weighted by atomic mass is 79.9. The van der Waals surface area contributed by atoms with Crippen molar-refractivity contribution in [1.29, 1.82) is 0 Å². The molecule has 1 aliphatic rings. The number of sulfonamides is 1. The van der Waals surface area contributed by atoms with Crippen molar-refractivity contribution in [1.82, 2.24) is 9.29 Å². The van der Waals surface area contributed by atoms with Crippen molar-refractivity contribution in [2.45, 2.75) is 17.7 Å². The third kappa shape index (κ3) is 3.13. The second-order valence-electron chi connectivity index (χ2n) is 4.80. The molecule has 1 saturated heterocycles. The van der Waals surface area contributed by atoms with Gasteiger partial charge in [0.15, 0.2) is 0 Å². The molecule has 0 bridgehead atoms. The lowest BCUT2D eigenvalue weighted by atomic mass is 10.0. The van der Waals surface area contributed by atoms with Gasteiger partial charge in [-0.2, -0.15) is 4.31 Å². The van der Waals surface area contributed by atoms with Gasteiger partial charge in [-0.25, -0.2) is 13.4 Å². The summed E-state index contributed by atoms with van der Waals surface area (Å²) < 4.78 is 27.5. The summed E-state index contributed by atoms with van der Waals surface area (Å²) in [6, 6.07) is 1.55. The van der Waals surface area contributed by atoms with E-state index in [0.717, 1.165) is 12.8 Å². The fraction of sp³-hybridized carbons (Fsp3) is 0.583. The molecule has 2 heterocycles. The molecule has 6 nitrogen and oxygen atoms in total. The molecule has 2 rings (SSSR count). The minimum atomic E-state index is -3.60. The lowest BCUT2D eigenvalue weighted by molar-refractivity contribution is 0.165. The predicted octanol–water partition coefficient (Wildman–Crippen LogP) is 1.28. The fourth-order valence-electron chi connectivity index (χ4n) is 2.34. The van der Waals surface area contributed by atoms with Crippen molar-refractivity contribution in [2.24, 2.45) is 5.92 Å². The summed E-state index contributed by atoms with van der Waals surface area (Å²) in [5, 5.41) is 12.0. The fourth-order valence-corrected chi connectivity index (χ4v) is 4.55. The molecule has 1 fully saturated rings. The van der Waals surface area contributed by atoms with E-state index in [9.17, 15) is 13.5 Å². The van der Waals surface area contributed by atoms with Crippen LogP contribution < -0.4 is 5.32 Å². The number of piperidine rings is 1. The number of rotatable bonds is 4. The van der Waals surface area contributed by atoms with E-state index in [1.807, 2.05) is 0 Å². The molecule has 1 aromatic rings. The summed E-state index contributed by atoms with van der Waals surface area (Å²) in [5.74, 6) is 0.344. The van der Waals surface area contributed by atoms with E-state index in [2.05, 4.69) is 26.2 Å². The van der Waals surface area contributed by atoms with Gasteiger partial charge in [-0.05, 0) is 40.8 Å². The number of aliphatic hydroxyl groups is 1. The minimum absolute atomic E-state index is 0.0108. The van der Waals surface area contributed by atoms with Crippen molar-refractivity contribution in [2.75, 3.05) is 32.1 Å². The summed E-state index contributed by atoms with van der Waals surface area (Å²) in [5.41, 5.74) is 0. The van der Waals surface area contributed by atoms with Gasteiger partial charge in [0.1, 0.15) is 10.7 Å². The van der Waals surface area contributed by atoms with E-state index in [0.29, 0.717) is 23.4 Å². The highest BCUT2D eigenvalue weighted by Gasteiger charge is 2.32. The smallest absolute Gasteiger partial charge is 0.246 e. The first-order valence-electron chi connectivity index (χ1n) is 6.43. The Labute approximate surface area is 127 Å². The Morgan fingerprint density at radius 2 is 2.35 bits per heavy atom. The number of aliphatic hydroxyl groups excluding tert-OH is 1. The first-order chi connectivity index (χ1) is 9.48. The second-order valence-corrected chi connectivity index (χ2v) is 7.63. The number of hydrogen-bond acceptors (Lipinski definition) is 5. The standard InChI is InChI=1S/C12H18BrN3O3S/c1-14-12-11(5-10(13)6-15-12)20(18,19)16-4-2-3-9(7-16)8-17/h5-6,9,17H,2-4,7-8H2,1H3,(H,14,15). The number of nitrogens with zero attached hydrogens (tertiary/aromatic N) is 2. The van der Waals surface area contributed by atoms with Crippen LogP contribution in [0.1, 0.15) is 12.8 Å². The molecule has 2 N–H and O–H groups in total. The van der Waals surface area contributed by atoms with Crippen LogP contribution in [-0.2, 0) is 10.0 Å². The lowest BCUT2D eigenvalue weighted by Gasteiger charge is -2.31. The molecule has 1 atom stereocenters. The van der Waals surface area contributed by atoms with Crippen LogP contribution in [0.15, 0.2) is 21.6 Å². The van der Waals surface area contributed by atoms with Gasteiger partial charge in [-0.3, -0.25) is 0 Å². The van der Waals surface area contributed by atoms with Crippen molar-refractivity contribution >= 4 is 31.8 Å². The molecule has 1 aromatic heterocycles. The third-order valence-electron chi connectivity index (χ3n) is 3.41. The van der Waals surface area contributed by atoms with Gasteiger partial charge in [-0.15, -0.1) is 0 Å². The average Bonchev–Trinajstić information content (AvgIpc) is 2.47. The van der Waals surface area contributed by atoms with Crippen molar-refractivity contribution < 1.29 is 13.5 Å². The van der Waals surface area contributed by atoms with Crippen LogP contribution in [0.4, 0.5) is 5.82 Å². The Balaban J connectivity index is 2.37. The van der Waals surface area contributed by atoms with Gasteiger partial charge < -0.3 is 10.4 Å². The number of aromatic nitrogens is 1. The number of nitrogens with one attached hydrogen (secondary N) is 1. The lowest BCUT2D eigenvalue weighted by Crippen LogP contribution is -2.41. The Bertz CT molecular complexity index is 579. The van der Waals surface area contributed by atoms with Crippen LogP contribution in [0.3, 0.4) is 0 Å². The summed E-state index contributed by atoms with van der Waals surface area (Å²) in [6.07, 6.45) is 3.18. The van der Waals surface area contributed by atoms with Gasteiger partial charge in [-0.1, -0.05) is 0 Å². The number of halogens is 1. The number of anilines is 1. The first kappa shape index (κ1) is 15.7. The molecule has 1 aliphatic heterocycles. The van der Waals surface area contributed by atoms with E-state index in [-0.39, 0.29) is 17.4 Å². The molecule has 0 spiro atoms. The zero-order valence-electron chi connectivity index (χ0n) is 11.2. The van der Waals surface area contributed by atoms with Crippen molar-refractivity contribution in [3.05, 3.63) is 16.7 Å². The normalized spacial score (nSPS) is 20.9. The average molecular weight is 364 g/mol. The zero-order chi connectivity index (χ0) is 14.8. The Morgan fingerprint density at radius 3 is 3.00 bits per heavy atom. The first-order valence-corrected chi connectivity index (χ1v) is 8.66. The zero-order valence-corrected chi connectivity index (χ0v) is 13.6. The SMILES string of the molecule is CNc1ncc(Br)cc1S(=O)(=O)N1CCCC(CO)C1. The third-order valence-corrected chi connectivity index (χ3v) is 5.73. The highest BCUT2D eigenvalue weighted by molar-refractivity contribution is 9.10. The Kier molecular flexibility index (Phi) is 5.00. The summed E-state index contributed by atoms with van der Waals surface area (Å²) in [4.78, 5) is 4.24. The molecule has 0 aliphatic carbocycles. The topological polar surface area (TPSA) is 82.5 Å². The van der Waals surface area contributed by atoms with E-state index in [4.69, 9.17) is 0 Å². The van der Waals surface area contributed by atoms with Gasteiger partial charge in [0.2, 0.25) is 10.0 Å². The van der Waals surface area contributed by atoms with Gasteiger partial charge in [0.25, 0.3) is 0 Å². The van der Waals surface area contributed by atoms with Crippen LogP contribution in [0.5, 0.6) is 0 Å². The molecule has 20 heavy (non-hydrogen) atoms. The highest BCUT2D eigenvalue weighted by Crippen LogP contribution is 2.28. The summed E-state index contributed by atoms with van der Waals surface area (Å²) in [7, 11) is -1.96. The molecule has 0 aromatic carbocycles. The maximum atomic E-state index is 12.7. The van der Waals surface area contributed by atoms with Gasteiger partial charge in [0.05, 0.1) is 0 Å². The molecule has 1 unspecified atom stereocenters. The maximum Gasteiger partial charge on any atom is 0.246 e. The van der Waals surface area contributed by atoms with Gasteiger partial charge in [0, 0.05) is 37.4 Å². The predicted molar refractivity (Wildman–Crippen MR) is 80.1 cm³/mol. The van der Waals surface area contributed by atoms with Crippen LogP contribution >= 0.6 is 15.9 Å². The van der Waals surface area contributed by atoms with Crippen molar-refractivity contribution in [3.63, 3.8) is 0 Å². The van der Waals surface area contributed by atoms with Gasteiger partial charge >= 0.3 is 0 Å². The van der Waals surface area contributed by atoms with Crippen LogP contribution in [0.2, 0.25) is 0 Å².